The quantitative estimate of drug-likeness (QED) is 0.297. The lowest BCUT2D eigenvalue weighted by atomic mass is 10.1. The van der Waals surface area contributed by atoms with E-state index in [2.05, 4.69) is 25.7 Å². The Hall–Kier alpha value is -3.61. The van der Waals surface area contributed by atoms with Gasteiger partial charge < -0.3 is 10.6 Å². The predicted molar refractivity (Wildman–Crippen MR) is 141 cm³/mol. The number of amides is 2. The van der Waals surface area contributed by atoms with Crippen LogP contribution in [0.5, 0.6) is 0 Å². The van der Waals surface area contributed by atoms with Crippen LogP contribution in [0, 0.1) is 0 Å². The number of hydrogen-bond acceptors (Lipinski definition) is 5. The number of nitrogens with one attached hydrogen (secondary N) is 2. The standard InChI is InChI=1S/C24H17Cl2F3N6O2.H2S/c1-13(33-23(37)15-8-16(24(27,28)29)10-18(26)9-15)21-31-12-32-35(21)20-7-2-14(11-30-20)22(36)34-19-5-3-17(25)4-6-19;/h2-13H,1H3,(H,33,37)(H,34,36);1H2/t13-;/m0./s1. The molecule has 0 spiro atoms. The van der Waals surface area contributed by atoms with E-state index in [1.807, 2.05) is 0 Å². The lowest BCUT2D eigenvalue weighted by Gasteiger charge is -2.15. The molecule has 4 aromatic rings. The topological polar surface area (TPSA) is 102 Å². The molecule has 14 heteroatoms. The summed E-state index contributed by atoms with van der Waals surface area (Å²) >= 11 is 11.6. The molecule has 4 rings (SSSR count). The number of rotatable bonds is 6. The molecule has 198 valence electrons. The first-order valence-corrected chi connectivity index (χ1v) is 11.4. The zero-order chi connectivity index (χ0) is 26.7. The van der Waals surface area contributed by atoms with E-state index in [0.29, 0.717) is 22.6 Å². The molecule has 2 amide bonds. The van der Waals surface area contributed by atoms with Crippen molar-refractivity contribution in [1.82, 2.24) is 25.1 Å². The molecule has 0 aliphatic rings. The second-order valence-electron chi connectivity index (χ2n) is 7.82. The van der Waals surface area contributed by atoms with E-state index in [9.17, 15) is 22.8 Å². The zero-order valence-corrected chi connectivity index (χ0v) is 21.9. The minimum absolute atomic E-state index is 0. The zero-order valence-electron chi connectivity index (χ0n) is 19.4. The highest BCUT2D eigenvalue weighted by Gasteiger charge is 2.32. The van der Waals surface area contributed by atoms with Crippen molar-refractivity contribution in [2.24, 2.45) is 0 Å². The Morgan fingerprint density at radius 1 is 0.921 bits per heavy atom. The summed E-state index contributed by atoms with van der Waals surface area (Å²) in [6, 6.07) is 11.5. The number of pyridine rings is 1. The first-order valence-electron chi connectivity index (χ1n) is 10.6. The Bertz CT molecular complexity index is 1450. The fraction of sp³-hybridized carbons (Fsp3) is 0.125. The average Bonchev–Trinajstić information content (AvgIpc) is 3.35. The summed E-state index contributed by atoms with van der Waals surface area (Å²) in [7, 11) is 0. The molecule has 8 nitrogen and oxygen atoms in total. The van der Waals surface area contributed by atoms with E-state index in [4.69, 9.17) is 23.2 Å². The third kappa shape index (κ3) is 6.82. The maximum Gasteiger partial charge on any atom is 0.416 e. The Kier molecular flexibility index (Phi) is 9.02. The van der Waals surface area contributed by atoms with Crippen molar-refractivity contribution >= 4 is 54.2 Å². The van der Waals surface area contributed by atoms with Gasteiger partial charge in [-0.1, -0.05) is 23.2 Å². The van der Waals surface area contributed by atoms with Gasteiger partial charge in [0.1, 0.15) is 6.33 Å². The second kappa shape index (κ2) is 11.8. The summed E-state index contributed by atoms with van der Waals surface area (Å²) in [5, 5.41) is 9.73. The van der Waals surface area contributed by atoms with Crippen LogP contribution in [0.2, 0.25) is 10.0 Å². The fourth-order valence-corrected chi connectivity index (χ4v) is 3.69. The van der Waals surface area contributed by atoms with Gasteiger partial charge in [0, 0.05) is 27.5 Å². The molecule has 2 heterocycles. The monoisotopic (exact) mass is 582 g/mol. The minimum atomic E-state index is -4.66. The molecule has 0 radical (unpaired) electrons. The Morgan fingerprint density at radius 2 is 1.63 bits per heavy atom. The number of benzene rings is 2. The van der Waals surface area contributed by atoms with Gasteiger partial charge in [-0.3, -0.25) is 9.59 Å². The summed E-state index contributed by atoms with van der Waals surface area (Å²) in [4.78, 5) is 33.5. The average molecular weight is 583 g/mol. The van der Waals surface area contributed by atoms with Crippen molar-refractivity contribution in [2.75, 3.05) is 5.32 Å². The fourth-order valence-electron chi connectivity index (χ4n) is 3.33. The molecule has 1 atom stereocenters. The summed E-state index contributed by atoms with van der Waals surface area (Å²) in [6.45, 7) is 1.58. The smallest absolute Gasteiger partial charge is 0.342 e. The van der Waals surface area contributed by atoms with Crippen molar-refractivity contribution in [2.45, 2.75) is 19.1 Å². The van der Waals surface area contributed by atoms with Crippen molar-refractivity contribution in [1.29, 1.82) is 0 Å². The molecule has 38 heavy (non-hydrogen) atoms. The van der Waals surface area contributed by atoms with Gasteiger partial charge in [-0.15, -0.1) is 0 Å². The Morgan fingerprint density at radius 3 is 2.26 bits per heavy atom. The first-order chi connectivity index (χ1) is 17.5. The largest absolute Gasteiger partial charge is 0.416 e. The highest BCUT2D eigenvalue weighted by atomic mass is 35.5. The summed E-state index contributed by atoms with van der Waals surface area (Å²) in [6.07, 6.45) is -2.07. The summed E-state index contributed by atoms with van der Waals surface area (Å²) < 4.78 is 40.6. The van der Waals surface area contributed by atoms with Crippen LogP contribution in [0.15, 0.2) is 67.1 Å². The van der Waals surface area contributed by atoms with E-state index in [-0.39, 0.29) is 41.4 Å². The predicted octanol–water partition coefficient (Wildman–Crippen LogP) is 5.84. The second-order valence-corrected chi connectivity index (χ2v) is 8.69. The lowest BCUT2D eigenvalue weighted by molar-refractivity contribution is -0.137. The van der Waals surface area contributed by atoms with Crippen molar-refractivity contribution in [3.63, 3.8) is 0 Å². The van der Waals surface area contributed by atoms with Gasteiger partial charge >= 0.3 is 6.18 Å². The number of halogens is 5. The van der Waals surface area contributed by atoms with E-state index in [1.165, 1.54) is 29.3 Å². The first kappa shape index (κ1) is 29.0. The molecular weight excluding hydrogens is 564 g/mol. The van der Waals surface area contributed by atoms with Crippen molar-refractivity contribution in [3.05, 3.63) is 99.7 Å². The van der Waals surface area contributed by atoms with Gasteiger partial charge in [0.05, 0.1) is 17.2 Å². The molecule has 2 aromatic heterocycles. The molecule has 2 N–H and O–H groups in total. The third-order valence-corrected chi connectivity index (χ3v) is 5.60. The highest BCUT2D eigenvalue weighted by Crippen LogP contribution is 2.32. The van der Waals surface area contributed by atoms with Gasteiger partial charge in [-0.2, -0.15) is 36.4 Å². The molecule has 0 bridgehead atoms. The summed E-state index contributed by atoms with van der Waals surface area (Å²) in [5.74, 6) is -0.603. The van der Waals surface area contributed by atoms with Crippen LogP contribution in [0.1, 0.15) is 45.1 Å². The molecule has 0 saturated carbocycles. The molecule has 0 unspecified atom stereocenters. The Balaban J connectivity index is 0.00000400. The molecule has 2 aromatic carbocycles. The number of hydrogen-bond donors (Lipinski definition) is 2. The van der Waals surface area contributed by atoms with Crippen molar-refractivity contribution < 1.29 is 22.8 Å². The third-order valence-electron chi connectivity index (χ3n) is 5.13. The van der Waals surface area contributed by atoms with Crippen LogP contribution in [0.3, 0.4) is 0 Å². The van der Waals surface area contributed by atoms with Crippen LogP contribution < -0.4 is 10.6 Å². The molecule has 0 aliphatic carbocycles. The summed E-state index contributed by atoms with van der Waals surface area (Å²) in [5.41, 5.74) is -0.455. The van der Waals surface area contributed by atoms with Gasteiger partial charge in [-0.05, 0) is 61.5 Å². The molecule has 0 aliphatic heterocycles. The van der Waals surface area contributed by atoms with Crippen LogP contribution in [0.25, 0.3) is 5.82 Å². The van der Waals surface area contributed by atoms with Gasteiger partial charge in [-0.25, -0.2) is 9.97 Å². The van der Waals surface area contributed by atoms with Gasteiger partial charge in [0.25, 0.3) is 11.8 Å². The maximum absolute atomic E-state index is 13.1. The number of carbonyl (C=O) groups excluding carboxylic acids is 2. The number of alkyl halides is 3. The molecular formula is C24H19Cl2F3N6O2S. The SMILES string of the molecule is C[C@H](NC(=O)c1cc(Cl)cc(C(F)(F)F)c1)c1ncnn1-c1ccc(C(=O)Nc2ccc(Cl)cc2)cn1.S. The van der Waals surface area contributed by atoms with Crippen LogP contribution in [0.4, 0.5) is 18.9 Å². The molecule has 0 saturated heterocycles. The van der Waals surface area contributed by atoms with Crippen LogP contribution >= 0.6 is 36.7 Å². The highest BCUT2D eigenvalue weighted by molar-refractivity contribution is 7.59. The van der Waals surface area contributed by atoms with E-state index >= 15 is 0 Å². The lowest BCUT2D eigenvalue weighted by Crippen LogP contribution is -2.29. The van der Waals surface area contributed by atoms with Crippen LogP contribution in [-0.2, 0) is 6.18 Å². The molecule has 0 fully saturated rings. The van der Waals surface area contributed by atoms with Crippen LogP contribution in [-0.4, -0.2) is 31.6 Å². The Labute approximate surface area is 231 Å². The van der Waals surface area contributed by atoms with E-state index in [0.717, 1.165) is 12.1 Å². The minimum Gasteiger partial charge on any atom is -0.342 e. The van der Waals surface area contributed by atoms with E-state index in [1.54, 1.807) is 31.2 Å². The van der Waals surface area contributed by atoms with Gasteiger partial charge in [0.15, 0.2) is 11.6 Å². The van der Waals surface area contributed by atoms with Gasteiger partial charge in [0.2, 0.25) is 0 Å². The normalized spacial score (nSPS) is 11.8. The number of aromatic nitrogens is 4. The number of carbonyl (C=O) groups is 2. The number of anilines is 1. The van der Waals surface area contributed by atoms with Crippen molar-refractivity contribution in [3.8, 4) is 5.82 Å². The maximum atomic E-state index is 13.1. The number of nitrogens with zero attached hydrogens (tertiary/aromatic N) is 4. The van der Waals surface area contributed by atoms with E-state index < -0.39 is 23.7 Å².